The lowest BCUT2D eigenvalue weighted by Crippen LogP contribution is -2.34. The van der Waals surface area contributed by atoms with Crippen molar-refractivity contribution in [2.24, 2.45) is 0 Å². The molecule has 3 N–H and O–H groups in total. The van der Waals surface area contributed by atoms with E-state index in [2.05, 4.69) is 16.0 Å². The van der Waals surface area contributed by atoms with Gasteiger partial charge >= 0.3 is 0 Å². The summed E-state index contributed by atoms with van der Waals surface area (Å²) in [6.45, 7) is 1.73. The molecule has 0 aliphatic carbocycles. The summed E-state index contributed by atoms with van der Waals surface area (Å²) in [5, 5.41) is 19.2. The highest BCUT2D eigenvalue weighted by atomic mass is 35.5. The first-order chi connectivity index (χ1) is 15.3. The van der Waals surface area contributed by atoms with Crippen molar-refractivity contribution in [3.63, 3.8) is 0 Å². The lowest BCUT2D eigenvalue weighted by atomic mass is 10.1. The molecule has 0 unspecified atom stereocenters. The highest BCUT2D eigenvalue weighted by Crippen LogP contribution is 2.27. The fourth-order valence-corrected chi connectivity index (χ4v) is 3.02. The molecule has 3 aromatic rings. The summed E-state index contributed by atoms with van der Waals surface area (Å²) in [5.41, 5.74) is 1.27. The van der Waals surface area contributed by atoms with Crippen molar-refractivity contribution >= 4 is 57.8 Å². The van der Waals surface area contributed by atoms with E-state index in [1.165, 1.54) is 30.3 Å². The van der Waals surface area contributed by atoms with Gasteiger partial charge in [0.2, 0.25) is 5.91 Å². The Labute approximate surface area is 192 Å². The van der Waals surface area contributed by atoms with E-state index < -0.39 is 10.8 Å². The Morgan fingerprint density at radius 2 is 1.91 bits per heavy atom. The summed E-state index contributed by atoms with van der Waals surface area (Å²) in [6.07, 6.45) is 0.321. The minimum atomic E-state index is -0.620. The SMILES string of the molecule is CCC(=O)Nc1ccc(Cl)c(NC(=S)NC(=O)c2ccc(-c3cccc([N+](=O)[O-])c3)o2)c1. The van der Waals surface area contributed by atoms with E-state index in [0.717, 1.165) is 0 Å². The zero-order chi connectivity index (χ0) is 23.3. The largest absolute Gasteiger partial charge is 0.451 e. The van der Waals surface area contributed by atoms with Crippen molar-refractivity contribution in [3.05, 3.63) is 75.5 Å². The van der Waals surface area contributed by atoms with Gasteiger partial charge in [0, 0.05) is 29.8 Å². The first-order valence-electron chi connectivity index (χ1n) is 9.33. The van der Waals surface area contributed by atoms with Gasteiger partial charge in [-0.15, -0.1) is 0 Å². The standard InChI is InChI=1S/C21H17ClN4O5S/c1-2-19(27)23-13-6-7-15(22)16(11-13)24-21(32)25-20(28)18-9-8-17(31-18)12-4-3-5-14(10-12)26(29)30/h3-11H,2H2,1H3,(H,23,27)(H2,24,25,28,32). The molecule has 2 amide bonds. The first kappa shape index (κ1) is 22.9. The number of halogens is 1. The Kier molecular flexibility index (Phi) is 7.18. The predicted octanol–water partition coefficient (Wildman–Crippen LogP) is 4.98. The third-order valence-corrected chi connectivity index (χ3v) is 4.75. The maximum atomic E-state index is 12.5. The fraction of sp³-hybridized carbons (Fsp3) is 0.0952. The topological polar surface area (TPSA) is 127 Å². The molecule has 0 saturated carbocycles. The molecular weight excluding hydrogens is 456 g/mol. The van der Waals surface area contributed by atoms with Gasteiger partial charge in [0.05, 0.1) is 15.6 Å². The molecule has 164 valence electrons. The molecule has 3 rings (SSSR count). The number of carbonyl (C=O) groups excluding carboxylic acids is 2. The van der Waals surface area contributed by atoms with E-state index in [1.807, 2.05) is 0 Å². The van der Waals surface area contributed by atoms with Gasteiger partial charge < -0.3 is 15.1 Å². The number of benzene rings is 2. The third-order valence-electron chi connectivity index (χ3n) is 4.22. The zero-order valence-electron chi connectivity index (χ0n) is 16.7. The second-order valence-corrected chi connectivity index (χ2v) is 7.29. The van der Waals surface area contributed by atoms with E-state index in [0.29, 0.717) is 34.1 Å². The van der Waals surface area contributed by atoms with Crippen LogP contribution in [0.2, 0.25) is 5.02 Å². The summed E-state index contributed by atoms with van der Waals surface area (Å²) in [6, 6.07) is 13.6. The van der Waals surface area contributed by atoms with Gasteiger partial charge in [-0.2, -0.15) is 0 Å². The molecule has 0 aliphatic heterocycles. The van der Waals surface area contributed by atoms with Crippen LogP contribution < -0.4 is 16.0 Å². The van der Waals surface area contributed by atoms with Gasteiger partial charge in [-0.05, 0) is 42.5 Å². The van der Waals surface area contributed by atoms with E-state index in [9.17, 15) is 19.7 Å². The minimum absolute atomic E-state index is 0.0364. The van der Waals surface area contributed by atoms with Gasteiger partial charge in [0.15, 0.2) is 10.9 Å². The van der Waals surface area contributed by atoms with Crippen LogP contribution in [0.15, 0.2) is 59.0 Å². The number of hydrogen-bond donors (Lipinski definition) is 3. The van der Waals surface area contributed by atoms with Gasteiger partial charge in [-0.1, -0.05) is 30.7 Å². The van der Waals surface area contributed by atoms with Crippen LogP contribution in [0.5, 0.6) is 0 Å². The van der Waals surface area contributed by atoms with Gasteiger partial charge in [-0.3, -0.25) is 25.0 Å². The van der Waals surface area contributed by atoms with Gasteiger partial charge in [0.25, 0.3) is 11.6 Å². The Morgan fingerprint density at radius 1 is 1.12 bits per heavy atom. The number of anilines is 2. The summed E-state index contributed by atoms with van der Waals surface area (Å²) in [4.78, 5) is 34.5. The summed E-state index contributed by atoms with van der Waals surface area (Å²) < 4.78 is 5.52. The Hall–Kier alpha value is -3.76. The molecule has 1 heterocycles. The van der Waals surface area contributed by atoms with Gasteiger partial charge in [-0.25, -0.2) is 0 Å². The number of non-ortho nitro benzene ring substituents is 1. The van der Waals surface area contributed by atoms with Crippen molar-refractivity contribution in [3.8, 4) is 11.3 Å². The number of nitro benzene ring substituents is 1. The average Bonchev–Trinajstić information content (AvgIpc) is 3.26. The van der Waals surface area contributed by atoms with E-state index in [4.69, 9.17) is 28.2 Å². The zero-order valence-corrected chi connectivity index (χ0v) is 18.3. The quantitative estimate of drug-likeness (QED) is 0.262. The van der Waals surface area contributed by atoms with E-state index in [1.54, 1.807) is 31.2 Å². The van der Waals surface area contributed by atoms with Crippen LogP contribution in [0, 0.1) is 10.1 Å². The van der Waals surface area contributed by atoms with E-state index >= 15 is 0 Å². The van der Waals surface area contributed by atoms with Crippen LogP contribution in [0.4, 0.5) is 17.1 Å². The lowest BCUT2D eigenvalue weighted by Gasteiger charge is -2.12. The molecule has 11 heteroatoms. The van der Waals surface area contributed by atoms with Crippen LogP contribution in [-0.4, -0.2) is 21.9 Å². The number of nitrogens with zero attached hydrogens (tertiary/aromatic N) is 1. The number of thiocarbonyl (C=S) groups is 1. The van der Waals surface area contributed by atoms with Crippen molar-refractivity contribution in [1.82, 2.24) is 5.32 Å². The predicted molar refractivity (Wildman–Crippen MR) is 125 cm³/mol. The monoisotopic (exact) mass is 472 g/mol. The molecule has 0 radical (unpaired) electrons. The molecule has 32 heavy (non-hydrogen) atoms. The number of carbonyl (C=O) groups is 2. The third kappa shape index (κ3) is 5.68. The second-order valence-electron chi connectivity index (χ2n) is 6.48. The molecule has 0 atom stereocenters. The number of amides is 2. The maximum absolute atomic E-state index is 12.5. The summed E-state index contributed by atoms with van der Waals surface area (Å²) in [5.74, 6) is -0.525. The van der Waals surface area contributed by atoms with Gasteiger partial charge in [0.1, 0.15) is 5.76 Å². The molecule has 0 saturated heterocycles. The molecule has 9 nitrogen and oxygen atoms in total. The Bertz CT molecular complexity index is 1210. The Balaban J connectivity index is 1.67. The van der Waals surface area contributed by atoms with Crippen LogP contribution in [0.3, 0.4) is 0 Å². The van der Waals surface area contributed by atoms with Crippen LogP contribution in [0.1, 0.15) is 23.9 Å². The molecule has 0 spiro atoms. The molecule has 0 aliphatic rings. The summed E-state index contributed by atoms with van der Waals surface area (Å²) >= 11 is 11.3. The normalized spacial score (nSPS) is 10.3. The van der Waals surface area contributed by atoms with E-state index in [-0.39, 0.29) is 22.5 Å². The fourth-order valence-electron chi connectivity index (χ4n) is 2.65. The van der Waals surface area contributed by atoms with Crippen LogP contribution in [-0.2, 0) is 4.79 Å². The molecule has 2 aromatic carbocycles. The minimum Gasteiger partial charge on any atom is -0.451 e. The van der Waals surface area contributed by atoms with Crippen molar-refractivity contribution < 1.29 is 18.9 Å². The lowest BCUT2D eigenvalue weighted by molar-refractivity contribution is -0.384. The smallest absolute Gasteiger partial charge is 0.293 e. The Morgan fingerprint density at radius 3 is 2.62 bits per heavy atom. The molecule has 1 aromatic heterocycles. The van der Waals surface area contributed by atoms with Crippen LogP contribution in [0.25, 0.3) is 11.3 Å². The number of nitrogens with one attached hydrogen (secondary N) is 3. The number of furan rings is 1. The summed E-state index contributed by atoms with van der Waals surface area (Å²) in [7, 11) is 0. The molecule has 0 fully saturated rings. The number of rotatable bonds is 6. The highest BCUT2D eigenvalue weighted by molar-refractivity contribution is 7.80. The highest BCUT2D eigenvalue weighted by Gasteiger charge is 2.16. The first-order valence-corrected chi connectivity index (χ1v) is 10.1. The maximum Gasteiger partial charge on any atom is 0.293 e. The molecule has 0 bridgehead atoms. The average molecular weight is 473 g/mol. The number of hydrogen-bond acceptors (Lipinski definition) is 6. The second kappa shape index (κ2) is 10.0. The van der Waals surface area contributed by atoms with Crippen molar-refractivity contribution in [2.75, 3.05) is 10.6 Å². The van der Waals surface area contributed by atoms with Crippen molar-refractivity contribution in [2.45, 2.75) is 13.3 Å². The molecular formula is C21H17ClN4O5S. The number of nitro groups is 1. The van der Waals surface area contributed by atoms with Crippen LogP contribution >= 0.6 is 23.8 Å². The van der Waals surface area contributed by atoms with Crippen molar-refractivity contribution in [1.29, 1.82) is 0 Å².